The number of carbonyl (C=O) groups excluding carboxylic acids is 2. The van der Waals surface area contributed by atoms with E-state index in [-0.39, 0.29) is 23.8 Å². The minimum atomic E-state index is -0.411. The van der Waals surface area contributed by atoms with Crippen molar-refractivity contribution in [3.05, 3.63) is 15.7 Å². The monoisotopic (exact) mass is 441 g/mol. The third kappa shape index (κ3) is 4.79. The van der Waals surface area contributed by atoms with Crippen LogP contribution in [0, 0.1) is 12.8 Å². The Morgan fingerprint density at radius 3 is 2.59 bits per heavy atom. The van der Waals surface area contributed by atoms with Crippen LogP contribution in [-0.2, 0) is 19.0 Å². The van der Waals surface area contributed by atoms with E-state index in [1.807, 2.05) is 13.8 Å². The van der Waals surface area contributed by atoms with Gasteiger partial charge in [-0.15, -0.1) is 11.3 Å². The average Bonchev–Trinajstić information content (AvgIpc) is 3.04. The van der Waals surface area contributed by atoms with Crippen molar-refractivity contribution in [2.45, 2.75) is 26.7 Å². The number of thiophene rings is 1. The second kappa shape index (κ2) is 9.69. The number of rotatable bonds is 7. The van der Waals surface area contributed by atoms with E-state index < -0.39 is 5.97 Å². The Bertz CT molecular complexity index is 896. The fourth-order valence-electron chi connectivity index (χ4n) is 3.39. The molecule has 1 aliphatic rings. The normalized spacial score (nSPS) is 15.0. The number of fused-ring (bicyclic) bond motifs is 1. The molecule has 0 N–H and O–H groups in total. The molecular formula is C19H24ClN3O5S. The molecule has 3 heterocycles. The summed E-state index contributed by atoms with van der Waals surface area (Å²) in [5, 5.41) is 0.924. The first-order chi connectivity index (χ1) is 14.0. The lowest BCUT2D eigenvalue weighted by atomic mass is 9.97. The molecule has 0 radical (unpaired) electrons. The quantitative estimate of drug-likeness (QED) is 0.367. The van der Waals surface area contributed by atoms with E-state index in [2.05, 4.69) is 14.9 Å². The van der Waals surface area contributed by atoms with Crippen LogP contribution in [0.3, 0.4) is 0 Å². The van der Waals surface area contributed by atoms with Crippen molar-refractivity contribution < 1.29 is 23.8 Å². The van der Waals surface area contributed by atoms with E-state index in [0.29, 0.717) is 54.7 Å². The number of esters is 2. The zero-order chi connectivity index (χ0) is 21.0. The smallest absolute Gasteiger partial charge is 0.348 e. The molecule has 8 nitrogen and oxygen atoms in total. The highest BCUT2D eigenvalue weighted by Gasteiger charge is 2.29. The highest BCUT2D eigenvalue weighted by molar-refractivity contribution is 7.20. The van der Waals surface area contributed by atoms with E-state index in [4.69, 9.17) is 25.8 Å². The van der Waals surface area contributed by atoms with Crippen molar-refractivity contribution in [3.63, 3.8) is 0 Å². The van der Waals surface area contributed by atoms with Gasteiger partial charge in [0.05, 0.1) is 24.5 Å². The summed E-state index contributed by atoms with van der Waals surface area (Å²) in [5.41, 5.74) is 0.770. The summed E-state index contributed by atoms with van der Waals surface area (Å²) in [4.78, 5) is 36.4. The Kier molecular flexibility index (Phi) is 7.26. The maximum atomic E-state index is 12.4. The molecule has 0 atom stereocenters. The summed E-state index contributed by atoms with van der Waals surface area (Å²) >= 11 is 7.40. The molecule has 3 rings (SSSR count). The molecule has 0 spiro atoms. The van der Waals surface area contributed by atoms with Crippen LogP contribution in [0.2, 0.25) is 5.28 Å². The molecule has 0 saturated carbocycles. The van der Waals surface area contributed by atoms with Crippen LogP contribution < -0.4 is 4.90 Å². The van der Waals surface area contributed by atoms with Gasteiger partial charge >= 0.3 is 11.9 Å². The number of piperidine rings is 1. The highest BCUT2D eigenvalue weighted by atomic mass is 35.5. The largest absolute Gasteiger partial charge is 0.466 e. The first kappa shape index (κ1) is 21.7. The lowest BCUT2D eigenvalue weighted by molar-refractivity contribution is -0.148. The SMILES string of the molecule is CCOC(=O)C1CCN(c2nc(Cl)nc3sc(C(=O)OCCOC)c(C)c23)CC1. The molecule has 2 aromatic rings. The molecule has 0 unspecified atom stereocenters. The number of aromatic nitrogens is 2. The number of hydrogen-bond donors (Lipinski definition) is 0. The van der Waals surface area contributed by atoms with Gasteiger partial charge in [0.1, 0.15) is 22.1 Å². The maximum Gasteiger partial charge on any atom is 0.348 e. The Morgan fingerprint density at radius 1 is 1.21 bits per heavy atom. The lowest BCUT2D eigenvalue weighted by Gasteiger charge is -2.32. The Morgan fingerprint density at radius 2 is 1.93 bits per heavy atom. The van der Waals surface area contributed by atoms with Gasteiger partial charge in [0.15, 0.2) is 0 Å². The Hall–Kier alpha value is -1.97. The number of ether oxygens (including phenoxy) is 3. The molecular weight excluding hydrogens is 418 g/mol. The summed E-state index contributed by atoms with van der Waals surface area (Å²) < 4.78 is 15.3. The summed E-state index contributed by atoms with van der Waals surface area (Å²) in [7, 11) is 1.55. The van der Waals surface area contributed by atoms with E-state index in [0.717, 1.165) is 10.9 Å². The van der Waals surface area contributed by atoms with E-state index in [9.17, 15) is 9.59 Å². The summed E-state index contributed by atoms with van der Waals surface area (Å²) in [6, 6.07) is 0. The van der Waals surface area contributed by atoms with Gasteiger partial charge in [0.25, 0.3) is 0 Å². The predicted molar refractivity (Wildman–Crippen MR) is 111 cm³/mol. The Labute approximate surface area is 178 Å². The van der Waals surface area contributed by atoms with Crippen LogP contribution in [-0.4, -0.2) is 61.9 Å². The van der Waals surface area contributed by atoms with Gasteiger partial charge < -0.3 is 19.1 Å². The van der Waals surface area contributed by atoms with E-state index in [1.54, 1.807) is 7.11 Å². The van der Waals surface area contributed by atoms with Crippen LogP contribution in [0.1, 0.15) is 35.0 Å². The van der Waals surface area contributed by atoms with Crippen molar-refractivity contribution in [3.8, 4) is 0 Å². The van der Waals surface area contributed by atoms with Gasteiger partial charge in [-0.05, 0) is 43.9 Å². The fourth-order valence-corrected chi connectivity index (χ4v) is 4.67. The first-order valence-corrected chi connectivity index (χ1v) is 10.7. The van der Waals surface area contributed by atoms with Crippen molar-refractivity contribution in [2.75, 3.05) is 44.9 Å². The second-order valence-corrected chi connectivity index (χ2v) is 8.03. The molecule has 0 bridgehead atoms. The lowest BCUT2D eigenvalue weighted by Crippen LogP contribution is -2.37. The van der Waals surface area contributed by atoms with Crippen molar-refractivity contribution >= 4 is 50.9 Å². The Balaban J connectivity index is 1.85. The number of halogens is 1. The maximum absolute atomic E-state index is 12.4. The topological polar surface area (TPSA) is 90.9 Å². The molecule has 0 amide bonds. The second-order valence-electron chi connectivity index (χ2n) is 6.69. The van der Waals surface area contributed by atoms with Gasteiger partial charge in [-0.25, -0.2) is 9.78 Å². The van der Waals surface area contributed by atoms with Gasteiger partial charge in [0, 0.05) is 20.2 Å². The minimum absolute atomic E-state index is 0.103. The molecule has 158 valence electrons. The fraction of sp³-hybridized carbons (Fsp3) is 0.579. The molecule has 0 aliphatic carbocycles. The third-order valence-corrected chi connectivity index (χ3v) is 6.20. The van der Waals surface area contributed by atoms with E-state index in [1.165, 1.54) is 11.3 Å². The number of nitrogens with zero attached hydrogens (tertiary/aromatic N) is 3. The molecule has 1 aliphatic heterocycles. The summed E-state index contributed by atoms with van der Waals surface area (Å²) in [6.45, 7) is 5.87. The molecule has 2 aromatic heterocycles. The van der Waals surface area contributed by atoms with Gasteiger partial charge in [-0.3, -0.25) is 4.79 Å². The van der Waals surface area contributed by atoms with Crippen LogP contribution in [0.25, 0.3) is 10.2 Å². The van der Waals surface area contributed by atoms with Crippen LogP contribution >= 0.6 is 22.9 Å². The minimum Gasteiger partial charge on any atom is -0.466 e. The molecule has 1 fully saturated rings. The van der Waals surface area contributed by atoms with E-state index >= 15 is 0 Å². The predicted octanol–water partition coefficient (Wildman–Crippen LogP) is 3.24. The zero-order valence-corrected chi connectivity index (χ0v) is 18.3. The number of aryl methyl sites for hydroxylation is 1. The van der Waals surface area contributed by atoms with Crippen LogP contribution in [0.5, 0.6) is 0 Å². The number of methoxy groups -OCH3 is 1. The number of carbonyl (C=O) groups is 2. The van der Waals surface area contributed by atoms with Gasteiger partial charge in [0.2, 0.25) is 5.28 Å². The molecule has 0 aromatic carbocycles. The number of hydrogen-bond acceptors (Lipinski definition) is 9. The van der Waals surface area contributed by atoms with Gasteiger partial charge in [-0.2, -0.15) is 4.98 Å². The van der Waals surface area contributed by atoms with Crippen molar-refractivity contribution in [1.29, 1.82) is 0 Å². The standard InChI is InChI=1S/C19H24ClN3O5S/c1-4-27-17(24)12-5-7-23(8-6-12)15-13-11(2)14(18(25)28-10-9-26-3)29-16(13)22-19(20)21-15/h12H,4-10H2,1-3H3. The van der Waals surface area contributed by atoms with Gasteiger partial charge in [-0.1, -0.05) is 0 Å². The van der Waals surface area contributed by atoms with Crippen LogP contribution in [0.15, 0.2) is 0 Å². The third-order valence-electron chi connectivity index (χ3n) is 4.86. The number of anilines is 1. The molecule has 29 heavy (non-hydrogen) atoms. The summed E-state index contributed by atoms with van der Waals surface area (Å²) in [6.07, 6.45) is 1.36. The zero-order valence-electron chi connectivity index (χ0n) is 16.7. The first-order valence-electron chi connectivity index (χ1n) is 9.50. The average molecular weight is 442 g/mol. The molecule has 10 heteroatoms. The summed E-state index contributed by atoms with van der Waals surface area (Å²) in [5.74, 6) is 0.0253. The molecule has 1 saturated heterocycles. The van der Waals surface area contributed by atoms with Crippen molar-refractivity contribution in [1.82, 2.24) is 9.97 Å². The van der Waals surface area contributed by atoms with Crippen LogP contribution in [0.4, 0.5) is 5.82 Å². The van der Waals surface area contributed by atoms with Crippen molar-refractivity contribution in [2.24, 2.45) is 5.92 Å². The highest BCUT2D eigenvalue weighted by Crippen LogP contribution is 2.37.